The number of hydrogen-bond acceptors (Lipinski definition) is 7. The van der Waals surface area contributed by atoms with Gasteiger partial charge in [0, 0.05) is 51.7 Å². The van der Waals surface area contributed by atoms with Crippen LogP contribution in [0.25, 0.3) is 0 Å². The Bertz CT molecular complexity index is 719. The van der Waals surface area contributed by atoms with Gasteiger partial charge in [0.25, 0.3) is 0 Å². The molecule has 1 unspecified atom stereocenters. The molecule has 1 saturated heterocycles. The van der Waals surface area contributed by atoms with Gasteiger partial charge in [-0.1, -0.05) is 6.07 Å². The Kier molecular flexibility index (Phi) is 8.30. The number of morpholine rings is 1. The van der Waals surface area contributed by atoms with Gasteiger partial charge in [-0.2, -0.15) is 0 Å². The number of hydrogen-bond donors (Lipinski definition) is 1. The van der Waals surface area contributed by atoms with Crippen LogP contribution in [0.15, 0.2) is 36.9 Å². The predicted octanol–water partition coefficient (Wildman–Crippen LogP) is 1.10. The molecule has 29 heavy (non-hydrogen) atoms. The summed E-state index contributed by atoms with van der Waals surface area (Å²) in [5, 5.41) is 10.3. The standard InChI is InChI=1S/C21H32N4O4/c1-23(7-8-25-6-5-22-17-25)14-18-3-4-20(21(13-18)27-2)29-16-19(26)15-24-9-11-28-12-10-24/h3-6,13,17,19,26H,7-12,14-16H2,1-2H3. The summed E-state index contributed by atoms with van der Waals surface area (Å²) in [4.78, 5) is 8.51. The SMILES string of the molecule is COc1cc(CN(C)CCn2ccnc2)ccc1OCC(O)CN1CCOCC1. The highest BCUT2D eigenvalue weighted by molar-refractivity contribution is 5.43. The Morgan fingerprint density at radius 2 is 2.10 bits per heavy atom. The first-order chi connectivity index (χ1) is 14.1. The van der Waals surface area contributed by atoms with Crippen molar-refractivity contribution in [3.05, 3.63) is 42.5 Å². The molecule has 1 aliphatic rings. The van der Waals surface area contributed by atoms with Crippen LogP contribution in [0.2, 0.25) is 0 Å². The van der Waals surface area contributed by atoms with E-state index in [9.17, 15) is 5.11 Å². The quantitative estimate of drug-likeness (QED) is 0.601. The van der Waals surface area contributed by atoms with E-state index in [-0.39, 0.29) is 6.61 Å². The van der Waals surface area contributed by atoms with Crippen LogP contribution in [-0.2, 0) is 17.8 Å². The smallest absolute Gasteiger partial charge is 0.161 e. The van der Waals surface area contributed by atoms with Crippen molar-refractivity contribution < 1.29 is 19.3 Å². The Balaban J connectivity index is 1.47. The van der Waals surface area contributed by atoms with Crippen LogP contribution in [0, 0.1) is 0 Å². The number of nitrogens with zero attached hydrogens (tertiary/aromatic N) is 4. The van der Waals surface area contributed by atoms with Crippen LogP contribution in [0.5, 0.6) is 11.5 Å². The molecule has 2 heterocycles. The number of ether oxygens (including phenoxy) is 3. The molecule has 3 rings (SSSR count). The lowest BCUT2D eigenvalue weighted by molar-refractivity contribution is 0.00445. The molecule has 2 aromatic rings. The lowest BCUT2D eigenvalue weighted by Crippen LogP contribution is -2.42. The van der Waals surface area contributed by atoms with E-state index in [4.69, 9.17) is 14.2 Å². The van der Waals surface area contributed by atoms with E-state index in [1.165, 1.54) is 0 Å². The van der Waals surface area contributed by atoms with Crippen molar-refractivity contribution in [3.63, 3.8) is 0 Å². The van der Waals surface area contributed by atoms with Crippen LogP contribution in [0.3, 0.4) is 0 Å². The highest BCUT2D eigenvalue weighted by atomic mass is 16.5. The first-order valence-corrected chi connectivity index (χ1v) is 10.1. The van der Waals surface area contributed by atoms with Crippen LogP contribution in [0.4, 0.5) is 0 Å². The molecule has 0 bridgehead atoms. The van der Waals surface area contributed by atoms with Crippen LogP contribution >= 0.6 is 0 Å². The summed E-state index contributed by atoms with van der Waals surface area (Å²) in [6.07, 6.45) is 5.04. The van der Waals surface area contributed by atoms with Crippen molar-refractivity contribution in [2.45, 2.75) is 19.2 Å². The fraction of sp³-hybridized carbons (Fsp3) is 0.571. The van der Waals surface area contributed by atoms with E-state index in [1.54, 1.807) is 13.3 Å². The molecule has 0 amide bonds. The summed E-state index contributed by atoms with van der Waals surface area (Å²) in [5.74, 6) is 1.34. The number of β-amino-alcohol motifs (C(OH)–C–C–N with tert-alkyl or cyclic N) is 1. The number of aliphatic hydroxyl groups is 1. The van der Waals surface area contributed by atoms with Crippen molar-refractivity contribution in [1.82, 2.24) is 19.4 Å². The number of aliphatic hydroxyl groups excluding tert-OH is 1. The Hall–Kier alpha value is -2.13. The van der Waals surface area contributed by atoms with Gasteiger partial charge >= 0.3 is 0 Å². The van der Waals surface area contributed by atoms with Crippen molar-refractivity contribution in [2.75, 3.05) is 60.2 Å². The second-order valence-electron chi connectivity index (χ2n) is 7.40. The number of benzene rings is 1. The highest BCUT2D eigenvalue weighted by Gasteiger charge is 2.16. The molecule has 0 saturated carbocycles. The van der Waals surface area contributed by atoms with E-state index < -0.39 is 6.10 Å². The van der Waals surface area contributed by atoms with E-state index in [0.29, 0.717) is 18.0 Å². The molecule has 160 valence electrons. The monoisotopic (exact) mass is 404 g/mol. The first kappa shape index (κ1) is 21.6. The fourth-order valence-corrected chi connectivity index (χ4v) is 3.35. The number of likely N-dealkylation sites (N-methyl/N-ethyl adjacent to an activating group) is 1. The van der Waals surface area contributed by atoms with Crippen molar-refractivity contribution in [1.29, 1.82) is 0 Å². The molecule has 0 radical (unpaired) electrons. The van der Waals surface area contributed by atoms with Gasteiger partial charge in [-0.25, -0.2) is 4.98 Å². The minimum Gasteiger partial charge on any atom is -0.493 e. The highest BCUT2D eigenvalue weighted by Crippen LogP contribution is 2.28. The maximum absolute atomic E-state index is 10.3. The molecular formula is C21H32N4O4. The molecule has 1 N–H and O–H groups in total. The fourth-order valence-electron chi connectivity index (χ4n) is 3.35. The van der Waals surface area contributed by atoms with Gasteiger partial charge in [-0.15, -0.1) is 0 Å². The molecule has 1 aliphatic heterocycles. The summed E-state index contributed by atoms with van der Waals surface area (Å²) >= 11 is 0. The van der Waals surface area contributed by atoms with Gasteiger partial charge < -0.3 is 28.8 Å². The van der Waals surface area contributed by atoms with Crippen LogP contribution in [0.1, 0.15) is 5.56 Å². The zero-order valence-electron chi connectivity index (χ0n) is 17.4. The van der Waals surface area contributed by atoms with Gasteiger partial charge in [0.2, 0.25) is 0 Å². The molecule has 1 fully saturated rings. The van der Waals surface area contributed by atoms with Crippen molar-refractivity contribution in [3.8, 4) is 11.5 Å². The number of imidazole rings is 1. The normalized spacial score (nSPS) is 16.1. The first-order valence-electron chi connectivity index (χ1n) is 10.1. The van der Waals surface area contributed by atoms with Crippen LogP contribution in [-0.4, -0.2) is 90.7 Å². The number of methoxy groups -OCH3 is 1. The minimum absolute atomic E-state index is 0.234. The molecule has 1 aromatic heterocycles. The number of rotatable bonds is 11. The summed E-state index contributed by atoms with van der Waals surface area (Å²) in [5.41, 5.74) is 1.15. The summed E-state index contributed by atoms with van der Waals surface area (Å²) in [6.45, 7) is 6.60. The van der Waals surface area contributed by atoms with E-state index in [2.05, 4.69) is 26.4 Å². The average molecular weight is 405 g/mol. The second kappa shape index (κ2) is 11.2. The van der Waals surface area contributed by atoms with Gasteiger partial charge in [-0.3, -0.25) is 4.90 Å². The Morgan fingerprint density at radius 3 is 2.83 bits per heavy atom. The van der Waals surface area contributed by atoms with E-state index in [0.717, 1.165) is 51.5 Å². The summed E-state index contributed by atoms with van der Waals surface area (Å²) < 4.78 is 18.7. The second-order valence-corrected chi connectivity index (χ2v) is 7.40. The summed E-state index contributed by atoms with van der Waals surface area (Å²) in [7, 11) is 3.73. The lowest BCUT2D eigenvalue weighted by Gasteiger charge is -2.28. The molecule has 8 heteroatoms. The maximum atomic E-state index is 10.3. The van der Waals surface area contributed by atoms with Gasteiger partial charge in [0.15, 0.2) is 11.5 Å². The Morgan fingerprint density at radius 1 is 1.28 bits per heavy atom. The van der Waals surface area contributed by atoms with Crippen molar-refractivity contribution >= 4 is 0 Å². The Labute approximate surface area is 172 Å². The third-order valence-corrected chi connectivity index (χ3v) is 4.98. The van der Waals surface area contributed by atoms with Gasteiger partial charge in [0.05, 0.1) is 26.7 Å². The molecule has 0 aliphatic carbocycles. The third kappa shape index (κ3) is 7.01. The molecule has 0 spiro atoms. The number of aromatic nitrogens is 2. The third-order valence-electron chi connectivity index (χ3n) is 4.98. The predicted molar refractivity (Wildman–Crippen MR) is 110 cm³/mol. The molecule has 8 nitrogen and oxygen atoms in total. The van der Waals surface area contributed by atoms with E-state index >= 15 is 0 Å². The van der Waals surface area contributed by atoms with Gasteiger partial charge in [-0.05, 0) is 24.7 Å². The zero-order chi connectivity index (χ0) is 20.5. The lowest BCUT2D eigenvalue weighted by atomic mass is 10.2. The zero-order valence-corrected chi connectivity index (χ0v) is 17.4. The van der Waals surface area contributed by atoms with Crippen LogP contribution < -0.4 is 9.47 Å². The topological polar surface area (TPSA) is 72.2 Å². The maximum Gasteiger partial charge on any atom is 0.161 e. The minimum atomic E-state index is -0.549. The van der Waals surface area contributed by atoms with Gasteiger partial charge in [0.1, 0.15) is 12.7 Å². The average Bonchev–Trinajstić information content (AvgIpc) is 3.25. The molecular weight excluding hydrogens is 372 g/mol. The molecule has 1 atom stereocenters. The molecule has 1 aromatic carbocycles. The summed E-state index contributed by atoms with van der Waals surface area (Å²) in [6, 6.07) is 5.96. The van der Waals surface area contributed by atoms with E-state index in [1.807, 2.05) is 30.7 Å². The largest absolute Gasteiger partial charge is 0.493 e. The van der Waals surface area contributed by atoms with Crippen molar-refractivity contribution in [2.24, 2.45) is 0 Å².